The first-order chi connectivity index (χ1) is 5.68. The second-order valence-corrected chi connectivity index (χ2v) is 2.31. The van der Waals surface area contributed by atoms with Gasteiger partial charge in [0, 0.05) is 6.42 Å². The molecule has 0 aromatic rings. The zero-order chi connectivity index (χ0) is 9.82. The van der Waals surface area contributed by atoms with Gasteiger partial charge in [0.1, 0.15) is 0 Å². The van der Waals surface area contributed by atoms with Crippen molar-refractivity contribution in [1.82, 2.24) is 0 Å². The van der Waals surface area contributed by atoms with Gasteiger partial charge >= 0.3 is 5.97 Å². The second-order valence-electron chi connectivity index (χ2n) is 2.31. The van der Waals surface area contributed by atoms with Crippen LogP contribution < -0.4 is 0 Å². The van der Waals surface area contributed by atoms with Crippen LogP contribution in [0.25, 0.3) is 0 Å². The van der Waals surface area contributed by atoms with Crippen LogP contribution in [0.3, 0.4) is 0 Å². The Morgan fingerprint density at radius 1 is 1.42 bits per heavy atom. The van der Waals surface area contributed by atoms with Crippen LogP contribution in [0.1, 0.15) is 39.5 Å². The van der Waals surface area contributed by atoms with Gasteiger partial charge in [-0.05, 0) is 26.2 Å². The second kappa shape index (κ2) is 12.8. The molecule has 0 saturated heterocycles. The predicted molar refractivity (Wildman–Crippen MR) is 51.9 cm³/mol. The lowest BCUT2D eigenvalue weighted by atomic mass is 10.4. The Morgan fingerprint density at radius 3 is 2.08 bits per heavy atom. The number of rotatable bonds is 4. The van der Waals surface area contributed by atoms with Gasteiger partial charge in [0.2, 0.25) is 0 Å². The first-order valence-corrected chi connectivity index (χ1v) is 4.35. The van der Waals surface area contributed by atoms with Gasteiger partial charge in [-0.25, -0.2) is 0 Å². The zero-order valence-corrected chi connectivity index (χ0v) is 8.05. The van der Waals surface area contributed by atoms with E-state index in [4.69, 9.17) is 5.11 Å². The van der Waals surface area contributed by atoms with Crippen molar-refractivity contribution < 1.29 is 9.90 Å². The molecule has 2 nitrogen and oxygen atoms in total. The Balaban J connectivity index is 0. The van der Waals surface area contributed by atoms with Crippen LogP contribution in [0.15, 0.2) is 12.2 Å². The summed E-state index contributed by atoms with van der Waals surface area (Å²) in [6.45, 7) is 7.60. The standard InChI is InChI=1S/C6H11.C4H8O2/c1-3-5-6-4-2;1-2-3-4(5)6/h5-6H,1,3-4H2,2H3;2-3H2,1H3,(H,5,6)/b6-5-;. The normalized spacial score (nSPS) is 9.25. The SMILES string of the molecule is CCCC(=O)O.[CH2]C/C=C\CC. The fraction of sp³-hybridized carbons (Fsp3) is 0.600. The van der Waals surface area contributed by atoms with E-state index < -0.39 is 5.97 Å². The highest BCUT2D eigenvalue weighted by atomic mass is 16.4. The number of aliphatic carboxylic acids is 1. The summed E-state index contributed by atoms with van der Waals surface area (Å²) in [7, 11) is 0. The number of carboxylic acids is 1. The highest BCUT2D eigenvalue weighted by Gasteiger charge is 1.87. The summed E-state index contributed by atoms with van der Waals surface area (Å²) in [4.78, 5) is 9.60. The van der Waals surface area contributed by atoms with E-state index in [1.807, 2.05) is 6.92 Å². The molecule has 0 heterocycles. The first kappa shape index (κ1) is 13.8. The van der Waals surface area contributed by atoms with E-state index in [9.17, 15) is 4.79 Å². The Morgan fingerprint density at radius 2 is 2.00 bits per heavy atom. The number of carboxylic acid groups (broad SMARTS) is 1. The molecule has 0 unspecified atom stereocenters. The molecule has 2 heteroatoms. The molecule has 0 aliphatic rings. The lowest BCUT2D eigenvalue weighted by molar-refractivity contribution is -0.137. The number of carbonyl (C=O) groups is 1. The largest absolute Gasteiger partial charge is 0.481 e. The highest BCUT2D eigenvalue weighted by molar-refractivity contribution is 5.66. The third kappa shape index (κ3) is 22.9. The zero-order valence-electron chi connectivity index (χ0n) is 8.05. The van der Waals surface area contributed by atoms with Crippen LogP contribution in [0.4, 0.5) is 0 Å². The van der Waals surface area contributed by atoms with Crippen molar-refractivity contribution in [3.8, 4) is 0 Å². The lowest BCUT2D eigenvalue weighted by Gasteiger charge is -1.79. The summed E-state index contributed by atoms with van der Waals surface area (Å²) in [6.07, 6.45) is 7.27. The van der Waals surface area contributed by atoms with Crippen molar-refractivity contribution in [2.75, 3.05) is 0 Å². The van der Waals surface area contributed by atoms with E-state index in [1.54, 1.807) is 0 Å². The minimum absolute atomic E-state index is 0.292. The maximum Gasteiger partial charge on any atom is 0.303 e. The van der Waals surface area contributed by atoms with Gasteiger partial charge in [0.05, 0.1) is 0 Å². The summed E-state index contributed by atoms with van der Waals surface area (Å²) in [5, 5.41) is 7.91. The van der Waals surface area contributed by atoms with Gasteiger partial charge in [-0.3, -0.25) is 4.79 Å². The van der Waals surface area contributed by atoms with Gasteiger partial charge in [0.25, 0.3) is 0 Å². The highest BCUT2D eigenvalue weighted by Crippen LogP contribution is 1.82. The monoisotopic (exact) mass is 171 g/mol. The van der Waals surface area contributed by atoms with Crippen molar-refractivity contribution in [2.24, 2.45) is 0 Å². The lowest BCUT2D eigenvalue weighted by Crippen LogP contribution is -1.90. The molecule has 0 rings (SSSR count). The van der Waals surface area contributed by atoms with E-state index in [2.05, 4.69) is 26.0 Å². The molecule has 0 aromatic carbocycles. The summed E-state index contributed by atoms with van der Waals surface area (Å²) in [5.41, 5.74) is 0. The smallest absolute Gasteiger partial charge is 0.303 e. The molecule has 1 N–H and O–H groups in total. The van der Waals surface area contributed by atoms with E-state index >= 15 is 0 Å². The number of allylic oxidation sites excluding steroid dienone is 2. The molecule has 0 aliphatic heterocycles. The van der Waals surface area contributed by atoms with Crippen LogP contribution in [0, 0.1) is 6.92 Å². The van der Waals surface area contributed by atoms with Gasteiger partial charge in [0.15, 0.2) is 0 Å². The molecule has 0 saturated carbocycles. The molecular weight excluding hydrogens is 152 g/mol. The van der Waals surface area contributed by atoms with Gasteiger partial charge in [-0.2, -0.15) is 0 Å². The molecule has 0 fully saturated rings. The van der Waals surface area contributed by atoms with E-state index in [0.29, 0.717) is 6.42 Å². The van der Waals surface area contributed by atoms with Crippen LogP contribution >= 0.6 is 0 Å². The predicted octanol–water partition coefficient (Wildman–Crippen LogP) is 3.05. The molecule has 0 aliphatic carbocycles. The average molecular weight is 171 g/mol. The van der Waals surface area contributed by atoms with Crippen molar-refractivity contribution in [3.05, 3.63) is 19.1 Å². The quantitative estimate of drug-likeness (QED) is 0.660. The molecule has 12 heavy (non-hydrogen) atoms. The Hall–Kier alpha value is -0.790. The van der Waals surface area contributed by atoms with Crippen molar-refractivity contribution >= 4 is 5.97 Å². The Kier molecular flexibility index (Phi) is 14.8. The van der Waals surface area contributed by atoms with Crippen LogP contribution in [-0.2, 0) is 4.79 Å². The van der Waals surface area contributed by atoms with Gasteiger partial charge in [-0.1, -0.05) is 26.0 Å². The molecule has 0 bridgehead atoms. The Labute approximate surface area is 75.3 Å². The first-order valence-electron chi connectivity index (χ1n) is 4.35. The fourth-order valence-corrected chi connectivity index (χ4v) is 0.498. The molecule has 0 amide bonds. The number of hydrogen-bond acceptors (Lipinski definition) is 1. The maximum atomic E-state index is 9.60. The molecule has 0 atom stereocenters. The topological polar surface area (TPSA) is 37.3 Å². The van der Waals surface area contributed by atoms with Crippen LogP contribution in [0.2, 0.25) is 0 Å². The van der Waals surface area contributed by atoms with Gasteiger partial charge in [-0.15, -0.1) is 0 Å². The van der Waals surface area contributed by atoms with E-state index in [0.717, 1.165) is 19.3 Å². The molecule has 1 radical (unpaired) electrons. The van der Waals surface area contributed by atoms with Crippen molar-refractivity contribution in [2.45, 2.75) is 39.5 Å². The summed E-state index contributed by atoms with van der Waals surface area (Å²) in [5.74, 6) is -0.711. The summed E-state index contributed by atoms with van der Waals surface area (Å²) < 4.78 is 0. The minimum Gasteiger partial charge on any atom is -0.481 e. The molecular formula is C10H19O2. The van der Waals surface area contributed by atoms with Crippen molar-refractivity contribution in [3.63, 3.8) is 0 Å². The van der Waals surface area contributed by atoms with Crippen LogP contribution in [0.5, 0.6) is 0 Å². The molecule has 0 aromatic heterocycles. The molecule has 0 spiro atoms. The average Bonchev–Trinajstić information content (AvgIpc) is 2.02. The minimum atomic E-state index is -0.711. The van der Waals surface area contributed by atoms with E-state index in [-0.39, 0.29) is 0 Å². The third-order valence-corrected chi connectivity index (χ3v) is 1.03. The maximum absolute atomic E-state index is 9.60. The fourth-order valence-electron chi connectivity index (χ4n) is 0.498. The Bertz CT molecular complexity index is 111. The summed E-state index contributed by atoms with van der Waals surface area (Å²) >= 11 is 0. The molecule has 71 valence electrons. The van der Waals surface area contributed by atoms with E-state index in [1.165, 1.54) is 0 Å². The van der Waals surface area contributed by atoms with Gasteiger partial charge < -0.3 is 5.11 Å². The van der Waals surface area contributed by atoms with Crippen molar-refractivity contribution in [1.29, 1.82) is 0 Å². The number of hydrogen-bond donors (Lipinski definition) is 1. The third-order valence-electron chi connectivity index (χ3n) is 1.03. The van der Waals surface area contributed by atoms with Crippen LogP contribution in [-0.4, -0.2) is 11.1 Å². The summed E-state index contributed by atoms with van der Waals surface area (Å²) in [6, 6.07) is 0.